The third kappa shape index (κ3) is 2.94. The molecule has 0 aromatic carbocycles. The van der Waals surface area contributed by atoms with E-state index < -0.39 is 0 Å². The molecule has 24 valence electrons. The van der Waals surface area contributed by atoms with Gasteiger partial charge in [-0.3, -0.25) is 5.41 Å². The minimum atomic E-state index is 1.07. The molecule has 0 atom stereocenters. The van der Waals surface area contributed by atoms with E-state index in [9.17, 15) is 0 Å². The number of nitrogens with zero attached hydrogens (tertiary/aromatic N) is 1. The lowest BCUT2D eigenvalue weighted by molar-refractivity contribution is 1.59. The Balaban J connectivity index is 3.46. The van der Waals surface area contributed by atoms with Crippen molar-refractivity contribution in [1.82, 2.24) is 0 Å². The molecule has 0 aromatic rings. The Bertz CT molecular complexity index is 92.0. The summed E-state index contributed by atoms with van der Waals surface area (Å²) < 4.78 is 0. The Kier molecular flexibility index (Phi) is 2.32. The van der Waals surface area contributed by atoms with E-state index in [1.165, 1.54) is 0 Å². The van der Waals surface area contributed by atoms with E-state index in [1.807, 2.05) is 5.87 Å². The first-order valence-electron chi connectivity index (χ1n) is 1.06. The van der Waals surface area contributed by atoms with E-state index in [4.69, 9.17) is 5.41 Å². The fraction of sp³-hybridized carbons (Fsp3) is 0. The highest BCUT2D eigenvalue weighted by Gasteiger charge is 1.54. The Morgan fingerprint density at radius 2 is 2.60 bits per heavy atom. The molecule has 0 radical (unpaired) electrons. The summed E-state index contributed by atoms with van der Waals surface area (Å²) in [5.74, 6) is 1.85. The number of rotatable bonds is 0. The number of nitrogens with one attached hydrogen (secondary N) is 1. The van der Waals surface area contributed by atoms with Crippen LogP contribution in [0.3, 0.4) is 0 Å². The minimum absolute atomic E-state index is 1.07. The zero-order valence-corrected chi connectivity index (χ0v) is 2.60. The second-order valence-electron chi connectivity index (χ2n) is 0.423. The molecule has 1 N–H and O–H groups in total. The zero-order valence-electron chi connectivity index (χ0n) is 2.60. The van der Waals surface area contributed by atoms with Gasteiger partial charge in [-0.25, -0.2) is 0 Å². The molecule has 2 nitrogen and oxygen atoms in total. The van der Waals surface area contributed by atoms with Crippen molar-refractivity contribution in [3.05, 3.63) is 11.0 Å². The molecule has 0 amide bonds. The molecule has 0 aliphatic rings. The van der Waals surface area contributed by atoms with Gasteiger partial charge in [0.1, 0.15) is 0 Å². The van der Waals surface area contributed by atoms with Crippen LogP contribution < -0.4 is 0 Å². The maximum Gasteiger partial charge on any atom is 0.365 e. The van der Waals surface area contributed by atoms with Crippen LogP contribution in [-0.4, -0.2) is 5.87 Å². The van der Waals surface area contributed by atoms with Crippen LogP contribution >= 0.6 is 0 Å². The molecule has 0 fully saturated rings. The zero-order chi connectivity index (χ0) is 4.12. The van der Waals surface area contributed by atoms with Gasteiger partial charge in [0.2, 0.25) is 0 Å². The second kappa shape index (κ2) is 2.94. The molecular formula is C3H3N2+. The lowest BCUT2D eigenvalue weighted by atomic mass is 11.0. The van der Waals surface area contributed by atoms with Crippen LogP contribution in [0.25, 0.3) is 4.85 Å². The third-order valence-electron chi connectivity index (χ3n) is 0.139. The third-order valence-corrected chi connectivity index (χ3v) is 0.139. The summed E-state index contributed by atoms with van der Waals surface area (Å²) in [4.78, 5) is 2.93. The van der Waals surface area contributed by atoms with Crippen LogP contribution in [0, 0.1) is 12.0 Å². The molecule has 2 heteroatoms. The normalized spacial score (nSPS) is 3.80. The van der Waals surface area contributed by atoms with E-state index >= 15 is 0 Å². The van der Waals surface area contributed by atoms with Gasteiger partial charge in [0.25, 0.3) is 6.57 Å². The van der Waals surface area contributed by atoms with Crippen molar-refractivity contribution in [1.29, 1.82) is 5.41 Å². The molecule has 0 aromatic heterocycles. The molecule has 0 unspecified atom stereocenters. The first-order chi connectivity index (χ1) is 2.41. The smallest absolute Gasteiger partial charge is 0.253 e. The highest BCUT2D eigenvalue weighted by atomic mass is 14.6. The van der Waals surface area contributed by atoms with Crippen molar-refractivity contribution in [2.24, 2.45) is 0 Å². The molecule has 5 heavy (non-hydrogen) atoms. The maximum absolute atomic E-state index is 6.12. The predicted octanol–water partition coefficient (Wildman–Crippen LogP) is 0.711. The Morgan fingerprint density at radius 3 is 2.60 bits per heavy atom. The summed E-state index contributed by atoms with van der Waals surface area (Å²) in [5, 5.41) is 6.12. The molecule has 0 saturated carbocycles. The Hall–Kier alpha value is -1.06. The lowest BCUT2D eigenvalue weighted by Crippen LogP contribution is -1.32. The highest BCUT2D eigenvalue weighted by molar-refractivity contribution is 5.49. The van der Waals surface area contributed by atoms with E-state index in [2.05, 4.69) is 11.4 Å². The first kappa shape index (κ1) is 3.94. The van der Waals surface area contributed by atoms with Crippen LogP contribution in [0.2, 0.25) is 0 Å². The van der Waals surface area contributed by atoms with Gasteiger partial charge in [-0.2, -0.15) is 0 Å². The quantitative estimate of drug-likeness (QED) is 0.404. The highest BCUT2D eigenvalue weighted by Crippen LogP contribution is 1.51. The molecule has 0 aliphatic carbocycles. The fourth-order valence-corrected chi connectivity index (χ4v) is 0.0373. The van der Waals surface area contributed by atoms with Crippen LogP contribution in [0.5, 0.6) is 0 Å². The summed E-state index contributed by atoms with van der Waals surface area (Å²) in [7, 11) is 0. The lowest BCUT2D eigenvalue weighted by Gasteiger charge is -1.25. The largest absolute Gasteiger partial charge is 0.365 e. The standard InChI is InChI=1S/C3H3N2/c1-5-3-2-4/h1,3-4H/q+1. The maximum atomic E-state index is 6.12. The van der Waals surface area contributed by atoms with E-state index in [0.717, 1.165) is 6.20 Å². The van der Waals surface area contributed by atoms with Crippen molar-refractivity contribution in [3.63, 3.8) is 0 Å². The Labute approximate surface area is 30.1 Å². The van der Waals surface area contributed by atoms with E-state index in [-0.39, 0.29) is 0 Å². The van der Waals surface area contributed by atoms with Crippen LogP contribution in [0.15, 0.2) is 6.20 Å². The van der Waals surface area contributed by atoms with Crippen molar-refractivity contribution >= 4 is 5.87 Å². The summed E-state index contributed by atoms with van der Waals surface area (Å²) in [6.07, 6.45) is 1.07. The monoisotopic (exact) mass is 67.0 g/mol. The molecule has 0 heterocycles. The van der Waals surface area contributed by atoms with Gasteiger partial charge in [0.05, 0.1) is 5.87 Å². The van der Waals surface area contributed by atoms with Crippen LogP contribution in [0.1, 0.15) is 0 Å². The average molecular weight is 67.1 g/mol. The SMILES string of the molecule is C#[N+]C=C=N. The van der Waals surface area contributed by atoms with Gasteiger partial charge in [0, 0.05) is 0 Å². The van der Waals surface area contributed by atoms with Gasteiger partial charge in [0.15, 0.2) is 0 Å². The van der Waals surface area contributed by atoms with Gasteiger partial charge < -0.3 is 0 Å². The fourth-order valence-electron chi connectivity index (χ4n) is 0.0373. The van der Waals surface area contributed by atoms with Gasteiger partial charge in [-0.1, -0.05) is 0 Å². The molecule has 0 aliphatic heterocycles. The van der Waals surface area contributed by atoms with Gasteiger partial charge >= 0.3 is 6.20 Å². The number of hydrogen-bond donors (Lipinski definition) is 1. The van der Waals surface area contributed by atoms with Crippen LogP contribution in [-0.2, 0) is 0 Å². The van der Waals surface area contributed by atoms with E-state index in [0.29, 0.717) is 0 Å². The predicted molar refractivity (Wildman–Crippen MR) is 20.6 cm³/mol. The molecular weight excluding hydrogens is 64.0 g/mol. The summed E-state index contributed by atoms with van der Waals surface area (Å²) in [6.45, 7) is 4.53. The summed E-state index contributed by atoms with van der Waals surface area (Å²) in [6, 6.07) is 0. The average Bonchev–Trinajstić information content (AvgIpc) is 1.41. The molecule has 0 spiro atoms. The van der Waals surface area contributed by atoms with Crippen molar-refractivity contribution in [3.8, 4) is 6.57 Å². The second-order valence-corrected chi connectivity index (χ2v) is 0.423. The van der Waals surface area contributed by atoms with Crippen LogP contribution in [0.4, 0.5) is 0 Å². The van der Waals surface area contributed by atoms with Crippen molar-refractivity contribution in [2.75, 3.05) is 0 Å². The number of hydrogen-bond acceptors (Lipinski definition) is 1. The van der Waals surface area contributed by atoms with Gasteiger partial charge in [-0.15, -0.1) is 0 Å². The minimum Gasteiger partial charge on any atom is -0.253 e. The van der Waals surface area contributed by atoms with Crippen molar-refractivity contribution < 1.29 is 0 Å². The first-order valence-corrected chi connectivity index (χ1v) is 1.06. The molecule has 0 bridgehead atoms. The summed E-state index contributed by atoms with van der Waals surface area (Å²) >= 11 is 0. The van der Waals surface area contributed by atoms with Crippen molar-refractivity contribution in [2.45, 2.75) is 0 Å². The summed E-state index contributed by atoms with van der Waals surface area (Å²) in [5.41, 5.74) is 0. The molecule has 0 rings (SSSR count). The molecule has 0 saturated heterocycles. The van der Waals surface area contributed by atoms with E-state index in [1.54, 1.807) is 0 Å². The Morgan fingerprint density at radius 1 is 2.00 bits per heavy atom. The topological polar surface area (TPSA) is 28.2 Å². The van der Waals surface area contributed by atoms with Gasteiger partial charge in [-0.05, 0) is 4.85 Å².